The third kappa shape index (κ3) is 5.45. The van der Waals surface area contributed by atoms with E-state index in [4.69, 9.17) is 0 Å². The number of aryl methyl sites for hydroxylation is 1. The molecule has 0 aliphatic rings. The number of rotatable bonds is 7. The van der Waals surface area contributed by atoms with Crippen LogP contribution in [0.1, 0.15) is 44.5 Å². The summed E-state index contributed by atoms with van der Waals surface area (Å²) in [5.74, 6) is 1.05. The van der Waals surface area contributed by atoms with Gasteiger partial charge < -0.3 is 5.32 Å². The lowest BCUT2D eigenvalue weighted by molar-refractivity contribution is -0.115. The number of thioether (sulfide) groups is 1. The fraction of sp³-hybridized carbons (Fsp3) is 0.292. The van der Waals surface area contributed by atoms with E-state index in [0.717, 1.165) is 27.5 Å². The summed E-state index contributed by atoms with van der Waals surface area (Å²) >= 11 is 1.49. The maximum Gasteiger partial charge on any atom is 0.237 e. The summed E-state index contributed by atoms with van der Waals surface area (Å²) < 4.78 is 0. The van der Waals surface area contributed by atoms with E-state index in [0.29, 0.717) is 18.2 Å². The van der Waals surface area contributed by atoms with Gasteiger partial charge in [-0.15, -0.1) is 0 Å². The standard InChI is InChI=1S/C24H27N3OS/c1-5-22(24(28)27-20-14-10-9-13-19(20)16(2)3)29-23-15-21(25-17(4)26-23)18-11-7-6-8-12-18/h6-16,22H,5H2,1-4H3,(H,27,28). The lowest BCUT2D eigenvalue weighted by Gasteiger charge is -2.18. The molecule has 1 amide bonds. The van der Waals surface area contributed by atoms with Crippen LogP contribution in [0.5, 0.6) is 0 Å². The predicted molar refractivity (Wildman–Crippen MR) is 121 cm³/mol. The smallest absolute Gasteiger partial charge is 0.237 e. The normalized spacial score (nSPS) is 12.0. The summed E-state index contributed by atoms with van der Waals surface area (Å²) in [6.07, 6.45) is 0.712. The van der Waals surface area contributed by atoms with Gasteiger partial charge in [-0.3, -0.25) is 4.79 Å². The molecule has 0 radical (unpaired) electrons. The molecule has 0 fully saturated rings. The Hall–Kier alpha value is -2.66. The predicted octanol–water partition coefficient (Wildman–Crippen LogP) is 6.08. The fourth-order valence-corrected chi connectivity index (χ4v) is 4.14. The molecule has 0 aliphatic heterocycles. The molecule has 150 valence electrons. The molecule has 0 aliphatic carbocycles. The van der Waals surface area contributed by atoms with Crippen LogP contribution in [0.25, 0.3) is 11.3 Å². The quantitative estimate of drug-likeness (QED) is 0.382. The van der Waals surface area contributed by atoms with Crippen molar-refractivity contribution in [2.75, 3.05) is 5.32 Å². The Morgan fingerprint density at radius 1 is 1.03 bits per heavy atom. The molecule has 0 saturated carbocycles. The molecule has 3 aromatic rings. The molecule has 5 heteroatoms. The maximum atomic E-state index is 13.0. The van der Waals surface area contributed by atoms with Gasteiger partial charge in [-0.05, 0) is 37.0 Å². The first-order valence-electron chi connectivity index (χ1n) is 9.95. The first-order valence-corrected chi connectivity index (χ1v) is 10.8. The van der Waals surface area contributed by atoms with Gasteiger partial charge in [-0.1, -0.05) is 81.1 Å². The van der Waals surface area contributed by atoms with E-state index in [2.05, 4.69) is 35.2 Å². The fourth-order valence-electron chi connectivity index (χ4n) is 3.15. The van der Waals surface area contributed by atoms with Gasteiger partial charge in [-0.2, -0.15) is 0 Å². The summed E-state index contributed by atoms with van der Waals surface area (Å²) in [4.78, 5) is 22.1. The number of benzene rings is 2. The average molecular weight is 406 g/mol. The van der Waals surface area contributed by atoms with Crippen LogP contribution in [0.3, 0.4) is 0 Å². The van der Waals surface area contributed by atoms with Crippen LogP contribution in [0.15, 0.2) is 65.7 Å². The topological polar surface area (TPSA) is 54.9 Å². The molecule has 1 aromatic heterocycles. The van der Waals surface area contributed by atoms with Crippen LogP contribution in [-0.4, -0.2) is 21.1 Å². The van der Waals surface area contributed by atoms with E-state index in [1.54, 1.807) is 0 Å². The summed E-state index contributed by atoms with van der Waals surface area (Å²) in [5, 5.41) is 3.71. The molecular weight excluding hydrogens is 378 g/mol. The maximum absolute atomic E-state index is 13.0. The largest absolute Gasteiger partial charge is 0.325 e. The Labute approximate surface area is 177 Å². The van der Waals surface area contributed by atoms with E-state index in [1.165, 1.54) is 11.8 Å². The van der Waals surface area contributed by atoms with Gasteiger partial charge in [0.15, 0.2) is 0 Å². The van der Waals surface area contributed by atoms with Crippen molar-refractivity contribution in [3.8, 4) is 11.3 Å². The van der Waals surface area contributed by atoms with Crippen molar-refractivity contribution in [1.29, 1.82) is 0 Å². The summed E-state index contributed by atoms with van der Waals surface area (Å²) in [7, 11) is 0. The molecule has 0 bridgehead atoms. The minimum atomic E-state index is -0.229. The minimum Gasteiger partial charge on any atom is -0.325 e. The third-order valence-corrected chi connectivity index (χ3v) is 5.93. The van der Waals surface area contributed by atoms with E-state index in [-0.39, 0.29) is 11.2 Å². The molecule has 0 spiro atoms. The number of nitrogens with one attached hydrogen (secondary N) is 1. The summed E-state index contributed by atoms with van der Waals surface area (Å²) in [6.45, 7) is 8.17. The Kier molecular flexibility index (Phi) is 7.04. The number of hydrogen-bond acceptors (Lipinski definition) is 4. The van der Waals surface area contributed by atoms with Gasteiger partial charge in [0, 0.05) is 11.3 Å². The van der Waals surface area contributed by atoms with Gasteiger partial charge in [0.1, 0.15) is 10.9 Å². The van der Waals surface area contributed by atoms with Gasteiger partial charge in [0.05, 0.1) is 10.9 Å². The SMILES string of the molecule is CCC(Sc1cc(-c2ccccc2)nc(C)n1)C(=O)Nc1ccccc1C(C)C. The molecule has 1 heterocycles. The highest BCUT2D eigenvalue weighted by molar-refractivity contribution is 8.00. The number of anilines is 1. The van der Waals surface area contributed by atoms with Crippen LogP contribution >= 0.6 is 11.8 Å². The van der Waals surface area contributed by atoms with Crippen molar-refractivity contribution >= 4 is 23.4 Å². The molecule has 2 aromatic carbocycles. The number of nitrogens with zero attached hydrogens (tertiary/aromatic N) is 2. The molecule has 0 saturated heterocycles. The van der Waals surface area contributed by atoms with Crippen LogP contribution in [0.4, 0.5) is 5.69 Å². The molecular formula is C24H27N3OS. The molecule has 1 atom stereocenters. The highest BCUT2D eigenvalue weighted by atomic mass is 32.2. The van der Waals surface area contributed by atoms with E-state index in [9.17, 15) is 4.79 Å². The molecule has 4 nitrogen and oxygen atoms in total. The Bertz CT molecular complexity index is 973. The molecule has 1 unspecified atom stereocenters. The van der Waals surface area contributed by atoms with Crippen molar-refractivity contribution in [2.45, 2.75) is 50.3 Å². The second-order valence-electron chi connectivity index (χ2n) is 7.25. The van der Waals surface area contributed by atoms with Crippen molar-refractivity contribution < 1.29 is 4.79 Å². The Morgan fingerprint density at radius 2 is 1.72 bits per heavy atom. The number of carbonyl (C=O) groups excluding carboxylic acids is 1. The number of amides is 1. The van der Waals surface area contributed by atoms with Crippen LogP contribution in [0.2, 0.25) is 0 Å². The Morgan fingerprint density at radius 3 is 2.41 bits per heavy atom. The molecule has 29 heavy (non-hydrogen) atoms. The highest BCUT2D eigenvalue weighted by Crippen LogP contribution is 2.29. The first kappa shape index (κ1) is 21.1. The second kappa shape index (κ2) is 9.70. The van der Waals surface area contributed by atoms with Gasteiger partial charge in [0.25, 0.3) is 0 Å². The number of para-hydroxylation sites is 1. The van der Waals surface area contributed by atoms with Crippen LogP contribution in [-0.2, 0) is 4.79 Å². The number of aromatic nitrogens is 2. The third-order valence-electron chi connectivity index (χ3n) is 4.65. The zero-order chi connectivity index (χ0) is 20.8. The zero-order valence-electron chi connectivity index (χ0n) is 17.3. The van der Waals surface area contributed by atoms with Crippen molar-refractivity contribution in [1.82, 2.24) is 9.97 Å². The van der Waals surface area contributed by atoms with E-state index >= 15 is 0 Å². The van der Waals surface area contributed by atoms with Gasteiger partial charge in [0.2, 0.25) is 5.91 Å². The average Bonchev–Trinajstić information content (AvgIpc) is 2.72. The monoisotopic (exact) mass is 405 g/mol. The second-order valence-corrected chi connectivity index (χ2v) is 8.47. The van der Waals surface area contributed by atoms with Crippen LogP contribution < -0.4 is 5.32 Å². The van der Waals surface area contributed by atoms with E-state index < -0.39 is 0 Å². The van der Waals surface area contributed by atoms with Crippen molar-refractivity contribution in [3.63, 3.8) is 0 Å². The zero-order valence-corrected chi connectivity index (χ0v) is 18.2. The minimum absolute atomic E-state index is 0.00289. The molecule has 3 rings (SSSR count). The van der Waals surface area contributed by atoms with Crippen molar-refractivity contribution in [3.05, 3.63) is 72.1 Å². The van der Waals surface area contributed by atoms with Gasteiger partial charge >= 0.3 is 0 Å². The summed E-state index contributed by atoms with van der Waals surface area (Å²) in [6, 6.07) is 20.0. The van der Waals surface area contributed by atoms with Crippen LogP contribution in [0, 0.1) is 6.92 Å². The van der Waals surface area contributed by atoms with E-state index in [1.807, 2.05) is 68.4 Å². The number of hydrogen-bond donors (Lipinski definition) is 1. The highest BCUT2D eigenvalue weighted by Gasteiger charge is 2.21. The lowest BCUT2D eigenvalue weighted by Crippen LogP contribution is -2.25. The van der Waals surface area contributed by atoms with Gasteiger partial charge in [-0.25, -0.2) is 9.97 Å². The lowest BCUT2D eigenvalue weighted by atomic mass is 10.0. The van der Waals surface area contributed by atoms with Crippen molar-refractivity contribution in [2.24, 2.45) is 0 Å². The number of carbonyl (C=O) groups is 1. The first-order chi connectivity index (χ1) is 14.0. The Balaban J connectivity index is 1.80. The molecule has 1 N–H and O–H groups in total. The summed E-state index contributed by atoms with van der Waals surface area (Å²) in [5.41, 5.74) is 3.95.